The van der Waals surface area contributed by atoms with Crippen LogP contribution in [-0.4, -0.2) is 18.2 Å². The summed E-state index contributed by atoms with van der Waals surface area (Å²) < 4.78 is 16.5. The molecule has 20 heavy (non-hydrogen) atoms. The molecule has 4 nitrogen and oxygen atoms in total. The molecule has 1 aromatic carbocycles. The maximum Gasteiger partial charge on any atom is 0.374 e. The summed E-state index contributed by atoms with van der Waals surface area (Å²) in [5.74, 6) is 0.529. The summed E-state index contributed by atoms with van der Waals surface area (Å²) in [6, 6.07) is 5.48. The quantitative estimate of drug-likeness (QED) is 0.780. The molecule has 0 saturated carbocycles. The fourth-order valence-electron chi connectivity index (χ4n) is 2.26. The number of furan rings is 1. The van der Waals surface area contributed by atoms with Crippen molar-refractivity contribution in [2.45, 2.75) is 26.4 Å². The first kappa shape index (κ1) is 12.8. The summed E-state index contributed by atoms with van der Waals surface area (Å²) in [6.07, 6.45) is 3.95. The van der Waals surface area contributed by atoms with Crippen LogP contribution in [0.3, 0.4) is 0 Å². The highest BCUT2D eigenvalue weighted by atomic mass is 16.5. The molecule has 0 bridgehead atoms. The van der Waals surface area contributed by atoms with E-state index in [-0.39, 0.29) is 11.4 Å². The lowest BCUT2D eigenvalue weighted by Crippen LogP contribution is -2.27. The van der Waals surface area contributed by atoms with Crippen LogP contribution < -0.4 is 4.74 Å². The molecule has 0 amide bonds. The molecule has 1 aliphatic rings. The Bertz CT molecular complexity index is 707. The minimum atomic E-state index is -0.446. The summed E-state index contributed by atoms with van der Waals surface area (Å²) in [6.45, 7) is 6.07. The summed E-state index contributed by atoms with van der Waals surface area (Å²) in [7, 11) is 0. The molecule has 0 atom stereocenters. The van der Waals surface area contributed by atoms with Gasteiger partial charge in [-0.1, -0.05) is 0 Å². The first-order valence-corrected chi connectivity index (χ1v) is 6.62. The molecule has 104 valence electrons. The monoisotopic (exact) mass is 272 g/mol. The van der Waals surface area contributed by atoms with E-state index in [1.54, 1.807) is 13.0 Å². The third kappa shape index (κ3) is 2.07. The van der Waals surface area contributed by atoms with Gasteiger partial charge in [0.05, 0.1) is 12.2 Å². The third-order valence-corrected chi connectivity index (χ3v) is 3.19. The van der Waals surface area contributed by atoms with Crippen molar-refractivity contribution >= 4 is 23.0 Å². The molecular weight excluding hydrogens is 256 g/mol. The van der Waals surface area contributed by atoms with Crippen molar-refractivity contribution in [2.75, 3.05) is 6.61 Å². The van der Waals surface area contributed by atoms with Gasteiger partial charge in [0, 0.05) is 5.39 Å². The molecule has 1 aliphatic heterocycles. The molecule has 0 aliphatic carbocycles. The van der Waals surface area contributed by atoms with Gasteiger partial charge in [-0.25, -0.2) is 4.79 Å². The van der Waals surface area contributed by atoms with Gasteiger partial charge in [-0.2, -0.15) is 0 Å². The molecule has 0 spiro atoms. The van der Waals surface area contributed by atoms with E-state index >= 15 is 0 Å². The van der Waals surface area contributed by atoms with Crippen LogP contribution in [0.15, 0.2) is 28.7 Å². The van der Waals surface area contributed by atoms with Gasteiger partial charge in [-0.3, -0.25) is 0 Å². The van der Waals surface area contributed by atoms with Gasteiger partial charge < -0.3 is 13.9 Å². The van der Waals surface area contributed by atoms with Crippen molar-refractivity contribution in [2.24, 2.45) is 0 Å². The van der Waals surface area contributed by atoms with Crippen LogP contribution in [0.2, 0.25) is 0 Å². The van der Waals surface area contributed by atoms with E-state index in [2.05, 4.69) is 0 Å². The number of hydrogen-bond acceptors (Lipinski definition) is 4. The van der Waals surface area contributed by atoms with Gasteiger partial charge in [-0.05, 0) is 51.1 Å². The lowest BCUT2D eigenvalue weighted by molar-refractivity contribution is 0.0492. The highest BCUT2D eigenvalue weighted by Gasteiger charge is 2.25. The lowest BCUT2D eigenvalue weighted by atomic mass is 10.0. The second kappa shape index (κ2) is 4.40. The lowest BCUT2D eigenvalue weighted by Gasteiger charge is -2.27. The summed E-state index contributed by atoms with van der Waals surface area (Å²) >= 11 is 0. The predicted molar refractivity (Wildman–Crippen MR) is 75.9 cm³/mol. The van der Waals surface area contributed by atoms with Crippen molar-refractivity contribution in [3.63, 3.8) is 0 Å². The fraction of sp³-hybridized carbons (Fsp3) is 0.312. The van der Waals surface area contributed by atoms with E-state index in [4.69, 9.17) is 13.9 Å². The van der Waals surface area contributed by atoms with Crippen LogP contribution in [0.25, 0.3) is 17.0 Å². The maximum absolute atomic E-state index is 11.7. The number of carbonyl (C=O) groups is 1. The van der Waals surface area contributed by atoms with Crippen molar-refractivity contribution in [3.8, 4) is 5.75 Å². The molecule has 0 radical (unpaired) electrons. The number of carbonyl (C=O) groups excluding carboxylic acids is 1. The molecule has 0 unspecified atom stereocenters. The number of benzene rings is 1. The van der Waals surface area contributed by atoms with E-state index in [1.807, 2.05) is 38.1 Å². The smallest absolute Gasteiger partial charge is 0.374 e. The fourth-order valence-corrected chi connectivity index (χ4v) is 2.26. The largest absolute Gasteiger partial charge is 0.483 e. The molecule has 2 heterocycles. The Balaban J connectivity index is 2.10. The zero-order valence-corrected chi connectivity index (χ0v) is 11.7. The summed E-state index contributed by atoms with van der Waals surface area (Å²) in [5, 5.41) is 0.861. The number of esters is 1. The molecule has 0 fully saturated rings. The van der Waals surface area contributed by atoms with Gasteiger partial charge in [0.1, 0.15) is 16.9 Å². The molecule has 0 saturated heterocycles. The van der Waals surface area contributed by atoms with E-state index in [0.29, 0.717) is 12.2 Å². The Morgan fingerprint density at radius 3 is 2.90 bits per heavy atom. The molecule has 4 heteroatoms. The molecule has 3 rings (SSSR count). The van der Waals surface area contributed by atoms with Crippen LogP contribution in [0.1, 0.15) is 36.9 Å². The van der Waals surface area contributed by atoms with E-state index in [9.17, 15) is 4.79 Å². The van der Waals surface area contributed by atoms with Gasteiger partial charge >= 0.3 is 5.97 Å². The molecule has 2 aromatic rings. The Hall–Kier alpha value is -2.23. The molecule has 0 N–H and O–H groups in total. The number of ether oxygens (including phenoxy) is 2. The third-order valence-electron chi connectivity index (χ3n) is 3.19. The highest BCUT2D eigenvalue weighted by Crippen LogP contribution is 2.37. The van der Waals surface area contributed by atoms with E-state index in [0.717, 1.165) is 16.7 Å². The first-order valence-electron chi connectivity index (χ1n) is 6.62. The molecule has 1 aromatic heterocycles. The van der Waals surface area contributed by atoms with Gasteiger partial charge in [-0.15, -0.1) is 0 Å². The molecular formula is C16H16O4. The topological polar surface area (TPSA) is 48.7 Å². The number of hydrogen-bond donors (Lipinski definition) is 0. The van der Waals surface area contributed by atoms with Gasteiger partial charge in [0.2, 0.25) is 5.76 Å². The Morgan fingerprint density at radius 2 is 2.15 bits per heavy atom. The predicted octanol–water partition coefficient (Wildman–Crippen LogP) is 3.79. The maximum atomic E-state index is 11.7. The second-order valence-corrected chi connectivity index (χ2v) is 5.27. The SMILES string of the molecule is CCOC(=O)c1cc2ccc3c(c2o1)C=CC(C)(C)O3. The first-order chi connectivity index (χ1) is 9.50. The zero-order chi connectivity index (χ0) is 14.3. The average Bonchev–Trinajstić information content (AvgIpc) is 2.81. The van der Waals surface area contributed by atoms with Crippen LogP contribution in [-0.2, 0) is 4.74 Å². The van der Waals surface area contributed by atoms with Crippen molar-refractivity contribution in [3.05, 3.63) is 35.6 Å². The Morgan fingerprint density at radius 1 is 1.35 bits per heavy atom. The van der Waals surface area contributed by atoms with Crippen molar-refractivity contribution in [1.82, 2.24) is 0 Å². The van der Waals surface area contributed by atoms with Crippen LogP contribution in [0.5, 0.6) is 5.75 Å². The zero-order valence-electron chi connectivity index (χ0n) is 11.7. The Labute approximate surface area is 117 Å². The number of rotatable bonds is 2. The highest BCUT2D eigenvalue weighted by molar-refractivity contribution is 5.96. The minimum absolute atomic E-state index is 0.216. The average molecular weight is 272 g/mol. The second-order valence-electron chi connectivity index (χ2n) is 5.27. The minimum Gasteiger partial charge on any atom is -0.483 e. The van der Waals surface area contributed by atoms with Crippen LogP contribution in [0.4, 0.5) is 0 Å². The van der Waals surface area contributed by atoms with E-state index < -0.39 is 5.97 Å². The van der Waals surface area contributed by atoms with Crippen molar-refractivity contribution < 1.29 is 18.7 Å². The normalized spacial score (nSPS) is 15.8. The van der Waals surface area contributed by atoms with Crippen LogP contribution in [0, 0.1) is 0 Å². The summed E-state index contributed by atoms with van der Waals surface area (Å²) in [5.41, 5.74) is 1.17. The van der Waals surface area contributed by atoms with Gasteiger partial charge in [0.15, 0.2) is 0 Å². The van der Waals surface area contributed by atoms with Gasteiger partial charge in [0.25, 0.3) is 0 Å². The van der Waals surface area contributed by atoms with E-state index in [1.165, 1.54) is 0 Å². The van der Waals surface area contributed by atoms with Crippen LogP contribution >= 0.6 is 0 Å². The number of fused-ring (bicyclic) bond motifs is 3. The Kier molecular flexibility index (Phi) is 2.82. The summed E-state index contributed by atoms with van der Waals surface area (Å²) in [4.78, 5) is 11.7. The standard InChI is InChI=1S/C16H16O4/c1-4-18-15(17)13-9-10-5-6-12-11(14(10)19-13)7-8-16(2,3)20-12/h5-9H,4H2,1-3H3. The van der Waals surface area contributed by atoms with Crippen molar-refractivity contribution in [1.29, 1.82) is 0 Å².